The van der Waals surface area contributed by atoms with E-state index >= 15 is 0 Å². The molecule has 2 aromatic rings. The van der Waals surface area contributed by atoms with Crippen molar-refractivity contribution in [1.29, 1.82) is 0 Å². The lowest BCUT2D eigenvalue weighted by Gasteiger charge is -2.09. The molecule has 6 heteroatoms. The van der Waals surface area contributed by atoms with Crippen molar-refractivity contribution in [2.24, 2.45) is 0 Å². The highest BCUT2D eigenvalue weighted by Crippen LogP contribution is 2.16. The topological polar surface area (TPSA) is 68.3 Å². The summed E-state index contributed by atoms with van der Waals surface area (Å²) in [5.41, 5.74) is 1.10. The zero-order chi connectivity index (χ0) is 17.3. The Hall–Kier alpha value is -1.92. The van der Waals surface area contributed by atoms with Gasteiger partial charge >= 0.3 is 0 Å². The second-order valence-corrected chi connectivity index (χ2v) is 7.30. The van der Waals surface area contributed by atoms with Gasteiger partial charge in [-0.25, -0.2) is 13.1 Å². The number of nitrogens with zero attached hydrogens (tertiary/aromatic N) is 1. The summed E-state index contributed by atoms with van der Waals surface area (Å²) in [5, 5.41) is 0. The molecule has 1 N–H and O–H groups in total. The molecule has 1 heterocycles. The van der Waals surface area contributed by atoms with Gasteiger partial charge in [0.15, 0.2) is 0 Å². The Kier molecular flexibility index (Phi) is 7.21. The molecule has 1 aromatic carbocycles. The van der Waals surface area contributed by atoms with Gasteiger partial charge in [-0.2, -0.15) is 0 Å². The summed E-state index contributed by atoms with van der Waals surface area (Å²) in [7, 11) is -3.48. The van der Waals surface area contributed by atoms with E-state index in [1.807, 2.05) is 12.1 Å². The highest BCUT2D eigenvalue weighted by molar-refractivity contribution is 7.89. The third kappa shape index (κ3) is 5.94. The van der Waals surface area contributed by atoms with E-state index in [4.69, 9.17) is 4.74 Å². The first-order valence-electron chi connectivity index (χ1n) is 8.23. The minimum absolute atomic E-state index is 0.256. The maximum absolute atomic E-state index is 12.3. The van der Waals surface area contributed by atoms with Gasteiger partial charge in [0, 0.05) is 18.9 Å². The van der Waals surface area contributed by atoms with Crippen LogP contribution in [0.25, 0.3) is 0 Å². The fraction of sp³-hybridized carbons (Fsp3) is 0.389. The van der Waals surface area contributed by atoms with Gasteiger partial charge in [-0.15, -0.1) is 0 Å². The van der Waals surface area contributed by atoms with Crippen molar-refractivity contribution in [1.82, 2.24) is 9.71 Å². The number of pyridine rings is 1. The van der Waals surface area contributed by atoms with Crippen molar-refractivity contribution in [2.45, 2.75) is 37.5 Å². The van der Waals surface area contributed by atoms with Crippen LogP contribution in [0.5, 0.6) is 5.75 Å². The van der Waals surface area contributed by atoms with Crippen LogP contribution < -0.4 is 9.46 Å². The second kappa shape index (κ2) is 9.39. The van der Waals surface area contributed by atoms with Crippen LogP contribution in [0.4, 0.5) is 0 Å². The summed E-state index contributed by atoms with van der Waals surface area (Å²) in [5.74, 6) is 0.693. The summed E-state index contributed by atoms with van der Waals surface area (Å²) in [6.07, 6.45) is 7.09. The second-order valence-electron chi connectivity index (χ2n) is 5.54. The Morgan fingerprint density at radius 3 is 2.58 bits per heavy atom. The van der Waals surface area contributed by atoms with E-state index in [-0.39, 0.29) is 4.90 Å². The first kappa shape index (κ1) is 18.4. The number of hydrogen-bond donors (Lipinski definition) is 1. The van der Waals surface area contributed by atoms with E-state index in [2.05, 4.69) is 16.6 Å². The Bertz CT molecular complexity index is 701. The highest BCUT2D eigenvalue weighted by atomic mass is 32.2. The normalized spacial score (nSPS) is 11.4. The maximum Gasteiger partial charge on any atom is 0.240 e. The monoisotopic (exact) mass is 348 g/mol. The van der Waals surface area contributed by atoms with Gasteiger partial charge in [-0.1, -0.05) is 19.4 Å². The van der Waals surface area contributed by atoms with Gasteiger partial charge in [-0.3, -0.25) is 4.98 Å². The molecule has 0 saturated heterocycles. The lowest BCUT2D eigenvalue weighted by atomic mass is 10.2. The molecule has 1 aromatic heterocycles. The lowest BCUT2D eigenvalue weighted by molar-refractivity contribution is 0.309. The van der Waals surface area contributed by atoms with E-state index in [0.717, 1.165) is 31.2 Å². The Labute approximate surface area is 144 Å². The highest BCUT2D eigenvalue weighted by Gasteiger charge is 2.13. The largest absolute Gasteiger partial charge is 0.494 e. The molecule has 2 rings (SSSR count). The Morgan fingerprint density at radius 2 is 1.92 bits per heavy atom. The smallest absolute Gasteiger partial charge is 0.240 e. The van der Waals surface area contributed by atoms with E-state index in [9.17, 15) is 8.42 Å². The molecule has 0 radical (unpaired) electrons. The average Bonchev–Trinajstić information content (AvgIpc) is 2.60. The molecule has 0 atom stereocenters. The molecule has 0 fully saturated rings. The summed E-state index contributed by atoms with van der Waals surface area (Å²) in [4.78, 5) is 4.30. The fourth-order valence-corrected chi connectivity index (χ4v) is 3.25. The summed E-state index contributed by atoms with van der Waals surface area (Å²) < 4.78 is 32.7. The molecule has 0 spiro atoms. The number of benzene rings is 1. The van der Waals surface area contributed by atoms with Crippen molar-refractivity contribution in [3.8, 4) is 5.75 Å². The average molecular weight is 348 g/mol. The van der Waals surface area contributed by atoms with Gasteiger partial charge in [0.1, 0.15) is 5.75 Å². The summed E-state index contributed by atoms with van der Waals surface area (Å²) >= 11 is 0. The van der Waals surface area contributed by atoms with Crippen molar-refractivity contribution >= 4 is 10.0 Å². The number of ether oxygens (including phenoxy) is 1. The molecule has 130 valence electrons. The molecule has 0 amide bonds. The van der Waals surface area contributed by atoms with E-state index in [1.165, 1.54) is 0 Å². The van der Waals surface area contributed by atoms with Gasteiger partial charge in [0.05, 0.1) is 11.5 Å². The van der Waals surface area contributed by atoms with Crippen LogP contribution in [0, 0.1) is 0 Å². The van der Waals surface area contributed by atoms with Crippen LogP contribution in [-0.2, 0) is 16.4 Å². The molecule has 0 aliphatic rings. The van der Waals surface area contributed by atoms with E-state index in [1.54, 1.807) is 36.7 Å². The molecular weight excluding hydrogens is 324 g/mol. The van der Waals surface area contributed by atoms with Crippen molar-refractivity contribution in [3.63, 3.8) is 0 Å². The molecule has 0 bridgehead atoms. The molecule has 5 nitrogen and oxygen atoms in total. The summed E-state index contributed by atoms with van der Waals surface area (Å²) in [6.45, 7) is 3.14. The molecule has 24 heavy (non-hydrogen) atoms. The van der Waals surface area contributed by atoms with Crippen LogP contribution >= 0.6 is 0 Å². The first-order chi connectivity index (χ1) is 11.6. The van der Waals surface area contributed by atoms with Gasteiger partial charge in [0.25, 0.3) is 0 Å². The van der Waals surface area contributed by atoms with Crippen LogP contribution in [0.15, 0.2) is 53.7 Å². The van der Waals surface area contributed by atoms with Crippen molar-refractivity contribution < 1.29 is 13.2 Å². The van der Waals surface area contributed by atoms with Crippen LogP contribution in [0.1, 0.15) is 31.7 Å². The summed E-state index contributed by atoms with van der Waals surface area (Å²) in [6, 6.07) is 10.4. The third-order valence-electron chi connectivity index (χ3n) is 3.56. The number of aromatic nitrogens is 1. The minimum atomic E-state index is -3.48. The van der Waals surface area contributed by atoms with E-state index < -0.39 is 10.0 Å². The van der Waals surface area contributed by atoms with Crippen LogP contribution in [0.2, 0.25) is 0 Å². The minimum Gasteiger partial charge on any atom is -0.494 e. The number of nitrogens with one attached hydrogen (secondary N) is 1. The number of hydrogen-bond acceptors (Lipinski definition) is 4. The lowest BCUT2D eigenvalue weighted by Crippen LogP contribution is -2.25. The Morgan fingerprint density at radius 1 is 1.12 bits per heavy atom. The van der Waals surface area contributed by atoms with Crippen LogP contribution in [-0.4, -0.2) is 26.6 Å². The first-order valence-corrected chi connectivity index (χ1v) is 9.71. The Balaban J connectivity index is 1.81. The van der Waals surface area contributed by atoms with Crippen LogP contribution in [0.3, 0.4) is 0 Å². The molecule has 0 saturated carbocycles. The van der Waals surface area contributed by atoms with Crippen molar-refractivity contribution in [2.75, 3.05) is 13.2 Å². The standard InChI is InChI=1S/C18H24N2O3S/c1-2-3-14-23-17-8-10-18(11-9-17)24(21,22)20-13-5-7-16-6-4-12-19-15-16/h4,6,8-12,15,20H,2-3,5,7,13-14H2,1H3. The SMILES string of the molecule is CCCCOc1ccc(S(=O)(=O)NCCCc2cccnc2)cc1. The third-order valence-corrected chi connectivity index (χ3v) is 5.03. The van der Waals surface area contributed by atoms with Gasteiger partial charge in [-0.05, 0) is 55.2 Å². The number of rotatable bonds is 10. The maximum atomic E-state index is 12.3. The molecule has 0 aliphatic heterocycles. The predicted molar refractivity (Wildman–Crippen MR) is 94.6 cm³/mol. The number of aryl methyl sites for hydroxylation is 1. The molecule has 0 unspecified atom stereocenters. The van der Waals surface area contributed by atoms with Gasteiger partial charge in [0.2, 0.25) is 10.0 Å². The predicted octanol–water partition coefficient (Wildman–Crippen LogP) is 3.17. The zero-order valence-electron chi connectivity index (χ0n) is 13.9. The number of sulfonamides is 1. The fourth-order valence-electron chi connectivity index (χ4n) is 2.18. The zero-order valence-corrected chi connectivity index (χ0v) is 14.8. The number of unbranched alkanes of at least 4 members (excludes halogenated alkanes) is 1. The van der Waals surface area contributed by atoms with E-state index in [0.29, 0.717) is 18.9 Å². The molecule has 0 aliphatic carbocycles. The van der Waals surface area contributed by atoms with Gasteiger partial charge < -0.3 is 4.74 Å². The quantitative estimate of drug-likeness (QED) is 0.670. The van der Waals surface area contributed by atoms with Crippen molar-refractivity contribution in [3.05, 3.63) is 54.4 Å². The molecular formula is C18H24N2O3S.